The number of aromatic nitrogens is 2. The average Bonchev–Trinajstić information content (AvgIpc) is 3.44. The second-order valence-electron chi connectivity index (χ2n) is 8.94. The second-order valence-corrected chi connectivity index (χ2v) is 8.94. The Bertz CT molecular complexity index is 1290. The molecule has 0 spiro atoms. The maximum Gasteiger partial charge on any atom is 0.289 e. The van der Waals surface area contributed by atoms with Crippen LogP contribution in [-0.2, 0) is 12.8 Å². The summed E-state index contributed by atoms with van der Waals surface area (Å²) in [6.07, 6.45) is 3.15. The highest BCUT2D eigenvalue weighted by atomic mass is 16.3. The van der Waals surface area contributed by atoms with E-state index in [1.807, 2.05) is 23.1 Å². The van der Waals surface area contributed by atoms with Crippen LogP contribution in [0.3, 0.4) is 0 Å². The number of nitrogens with zero attached hydrogens (tertiary/aromatic N) is 4. The van der Waals surface area contributed by atoms with E-state index in [2.05, 4.69) is 55.1 Å². The number of amides is 1. The van der Waals surface area contributed by atoms with Crippen molar-refractivity contribution in [2.75, 3.05) is 31.1 Å². The quantitative estimate of drug-likeness (QED) is 0.393. The van der Waals surface area contributed by atoms with Gasteiger partial charge in [0.1, 0.15) is 5.82 Å². The highest BCUT2D eigenvalue weighted by Crippen LogP contribution is 2.29. The molecule has 35 heavy (non-hydrogen) atoms. The summed E-state index contributed by atoms with van der Waals surface area (Å²) in [4.78, 5) is 27.0. The molecular formula is C29H30N4O2. The maximum atomic E-state index is 12.8. The molecule has 1 aliphatic rings. The topological polar surface area (TPSA) is 62.5 Å². The van der Waals surface area contributed by atoms with Gasteiger partial charge < -0.3 is 14.2 Å². The lowest BCUT2D eigenvalue weighted by Gasteiger charge is -2.36. The number of furan rings is 1. The van der Waals surface area contributed by atoms with Crippen LogP contribution in [0.15, 0.2) is 77.4 Å². The maximum absolute atomic E-state index is 12.8. The van der Waals surface area contributed by atoms with Gasteiger partial charge in [-0.3, -0.25) is 4.79 Å². The molecule has 2 aromatic carbocycles. The summed E-state index contributed by atoms with van der Waals surface area (Å²) in [6, 6.07) is 22.2. The zero-order valence-electron chi connectivity index (χ0n) is 20.3. The highest BCUT2D eigenvalue weighted by Gasteiger charge is 2.27. The number of aryl methyl sites for hydroxylation is 2. The van der Waals surface area contributed by atoms with Crippen LogP contribution in [0, 0.1) is 6.92 Å². The summed E-state index contributed by atoms with van der Waals surface area (Å²) >= 11 is 0. The second kappa shape index (κ2) is 10.1. The Kier molecular flexibility index (Phi) is 6.62. The first kappa shape index (κ1) is 22.8. The van der Waals surface area contributed by atoms with Gasteiger partial charge in [0.05, 0.1) is 6.26 Å². The van der Waals surface area contributed by atoms with E-state index in [0.717, 1.165) is 35.7 Å². The van der Waals surface area contributed by atoms with Crippen LogP contribution >= 0.6 is 0 Å². The Hall–Kier alpha value is -3.93. The number of carbonyl (C=O) groups is 1. The summed E-state index contributed by atoms with van der Waals surface area (Å²) in [6.45, 7) is 6.93. The highest BCUT2D eigenvalue weighted by molar-refractivity contribution is 5.91. The molecule has 0 N–H and O–H groups in total. The fourth-order valence-corrected chi connectivity index (χ4v) is 4.67. The van der Waals surface area contributed by atoms with Crippen molar-refractivity contribution in [3.05, 3.63) is 101 Å². The molecule has 3 heterocycles. The minimum atomic E-state index is -0.0588. The van der Waals surface area contributed by atoms with Crippen LogP contribution in [-0.4, -0.2) is 47.0 Å². The first-order valence-electron chi connectivity index (χ1n) is 12.2. The van der Waals surface area contributed by atoms with E-state index in [0.29, 0.717) is 31.9 Å². The van der Waals surface area contributed by atoms with Crippen molar-refractivity contribution in [3.8, 4) is 11.4 Å². The summed E-state index contributed by atoms with van der Waals surface area (Å²) < 4.78 is 5.32. The van der Waals surface area contributed by atoms with Crippen LogP contribution < -0.4 is 4.90 Å². The lowest BCUT2D eigenvalue weighted by Crippen LogP contribution is -2.49. The largest absolute Gasteiger partial charge is 0.459 e. The van der Waals surface area contributed by atoms with Crippen molar-refractivity contribution in [1.82, 2.24) is 14.9 Å². The standard InChI is InChI=1S/C29H30N4O2/c1-3-25-24(20-22-10-7-9-21(2)19-22)28(31-27(30-25)23-11-5-4-6-12-23)32-14-16-33(17-15-32)29(34)26-13-8-18-35-26/h4-13,18-19H,3,14-17,20H2,1-2H3. The molecule has 1 aliphatic heterocycles. The molecule has 6 heteroatoms. The van der Waals surface area contributed by atoms with Gasteiger partial charge in [-0.05, 0) is 31.0 Å². The van der Waals surface area contributed by atoms with E-state index in [1.54, 1.807) is 18.4 Å². The van der Waals surface area contributed by atoms with Crippen molar-refractivity contribution in [3.63, 3.8) is 0 Å². The van der Waals surface area contributed by atoms with Crippen molar-refractivity contribution in [2.24, 2.45) is 0 Å². The van der Waals surface area contributed by atoms with Crippen LogP contribution in [0.2, 0.25) is 0 Å². The molecule has 178 valence electrons. The van der Waals surface area contributed by atoms with Gasteiger partial charge in [0, 0.05) is 49.4 Å². The van der Waals surface area contributed by atoms with Crippen LogP contribution in [0.4, 0.5) is 5.82 Å². The van der Waals surface area contributed by atoms with Gasteiger partial charge in [0.25, 0.3) is 5.91 Å². The predicted molar refractivity (Wildman–Crippen MR) is 138 cm³/mol. The molecule has 1 fully saturated rings. The molecule has 6 nitrogen and oxygen atoms in total. The third-order valence-electron chi connectivity index (χ3n) is 6.50. The third kappa shape index (κ3) is 4.97. The van der Waals surface area contributed by atoms with Gasteiger partial charge in [0.2, 0.25) is 0 Å². The Balaban J connectivity index is 1.49. The summed E-state index contributed by atoms with van der Waals surface area (Å²) in [5, 5.41) is 0. The van der Waals surface area contributed by atoms with Gasteiger partial charge >= 0.3 is 0 Å². The molecule has 0 unspecified atom stereocenters. The van der Waals surface area contributed by atoms with Gasteiger partial charge in [-0.25, -0.2) is 9.97 Å². The number of hydrogen-bond acceptors (Lipinski definition) is 5. The molecule has 2 aromatic heterocycles. The number of benzene rings is 2. The fourth-order valence-electron chi connectivity index (χ4n) is 4.67. The molecular weight excluding hydrogens is 436 g/mol. The number of rotatable bonds is 6. The third-order valence-corrected chi connectivity index (χ3v) is 6.50. The Morgan fingerprint density at radius 2 is 1.74 bits per heavy atom. The van der Waals surface area contributed by atoms with E-state index in [1.165, 1.54) is 16.7 Å². The van der Waals surface area contributed by atoms with Crippen molar-refractivity contribution in [2.45, 2.75) is 26.7 Å². The summed E-state index contributed by atoms with van der Waals surface area (Å²) in [5.41, 5.74) is 5.75. The Morgan fingerprint density at radius 3 is 2.43 bits per heavy atom. The molecule has 0 bridgehead atoms. The van der Waals surface area contributed by atoms with Crippen molar-refractivity contribution in [1.29, 1.82) is 0 Å². The first-order valence-corrected chi connectivity index (χ1v) is 12.2. The smallest absolute Gasteiger partial charge is 0.289 e. The molecule has 0 radical (unpaired) electrons. The summed E-state index contributed by atoms with van der Waals surface area (Å²) in [7, 11) is 0. The molecule has 0 atom stereocenters. The number of anilines is 1. The van der Waals surface area contributed by atoms with E-state index >= 15 is 0 Å². The van der Waals surface area contributed by atoms with Crippen LogP contribution in [0.1, 0.15) is 39.9 Å². The molecule has 1 saturated heterocycles. The average molecular weight is 467 g/mol. The van der Waals surface area contributed by atoms with Crippen molar-refractivity contribution < 1.29 is 9.21 Å². The lowest BCUT2D eigenvalue weighted by molar-refractivity contribution is 0.0714. The molecule has 0 aliphatic carbocycles. The van der Waals surface area contributed by atoms with Gasteiger partial charge in [-0.1, -0.05) is 67.1 Å². The minimum Gasteiger partial charge on any atom is -0.459 e. The minimum absolute atomic E-state index is 0.0588. The lowest BCUT2D eigenvalue weighted by atomic mass is 10.00. The van der Waals surface area contributed by atoms with E-state index in [4.69, 9.17) is 14.4 Å². The zero-order chi connectivity index (χ0) is 24.2. The fraction of sp³-hybridized carbons (Fsp3) is 0.276. The SMILES string of the molecule is CCc1nc(-c2ccccc2)nc(N2CCN(C(=O)c3ccco3)CC2)c1Cc1cccc(C)c1. The van der Waals surface area contributed by atoms with Crippen LogP contribution in [0.5, 0.6) is 0 Å². The molecule has 0 saturated carbocycles. The Morgan fingerprint density at radius 1 is 0.943 bits per heavy atom. The van der Waals surface area contributed by atoms with Gasteiger partial charge in [-0.2, -0.15) is 0 Å². The van der Waals surface area contributed by atoms with E-state index in [-0.39, 0.29) is 5.91 Å². The van der Waals surface area contributed by atoms with Gasteiger partial charge in [-0.15, -0.1) is 0 Å². The van der Waals surface area contributed by atoms with E-state index < -0.39 is 0 Å². The normalized spacial score (nSPS) is 13.8. The van der Waals surface area contributed by atoms with Crippen LogP contribution in [0.25, 0.3) is 11.4 Å². The zero-order valence-corrected chi connectivity index (χ0v) is 20.3. The number of piperazine rings is 1. The number of carbonyl (C=O) groups excluding carboxylic acids is 1. The van der Waals surface area contributed by atoms with Gasteiger partial charge in [0.15, 0.2) is 11.6 Å². The number of hydrogen-bond donors (Lipinski definition) is 0. The Labute approximate surface area is 206 Å². The predicted octanol–water partition coefficient (Wildman–Crippen LogP) is 5.16. The first-order chi connectivity index (χ1) is 17.1. The molecule has 4 aromatic rings. The molecule has 1 amide bonds. The van der Waals surface area contributed by atoms with Crippen molar-refractivity contribution >= 4 is 11.7 Å². The summed E-state index contributed by atoms with van der Waals surface area (Å²) in [5.74, 6) is 2.05. The van der Waals surface area contributed by atoms with E-state index in [9.17, 15) is 4.79 Å². The molecule has 5 rings (SSSR count). The monoisotopic (exact) mass is 466 g/mol.